The first-order valence-corrected chi connectivity index (χ1v) is 6.06. The smallest absolute Gasteiger partial charge is 0.170 e. The van der Waals surface area contributed by atoms with Crippen LogP contribution in [0.3, 0.4) is 0 Å². The molecule has 0 amide bonds. The third kappa shape index (κ3) is 2.50. The van der Waals surface area contributed by atoms with E-state index in [0.29, 0.717) is 12.0 Å². The van der Waals surface area contributed by atoms with Crippen LogP contribution in [0.2, 0.25) is 0 Å². The summed E-state index contributed by atoms with van der Waals surface area (Å²) < 4.78 is 1.65. The summed E-state index contributed by atoms with van der Waals surface area (Å²) in [4.78, 5) is 12.2. The zero-order valence-electron chi connectivity index (χ0n) is 11.3. The maximum atomic E-state index is 12.2. The molecule has 0 N–H and O–H groups in total. The molecule has 94 valence electrons. The minimum atomic E-state index is 0.123. The number of aryl methyl sites for hydroxylation is 4. The van der Waals surface area contributed by atoms with Crippen molar-refractivity contribution in [3.63, 3.8) is 0 Å². The molecule has 0 fully saturated rings. The average molecular weight is 242 g/mol. The molecule has 0 aliphatic rings. The molecule has 0 aliphatic heterocycles. The standard InChI is InChI=1S/C15H18N2O/c1-10-5-11(2)14(12(3)6-10)7-15(18)13-8-16-17(4)9-13/h5-6,8-9H,7H2,1-4H3. The van der Waals surface area contributed by atoms with E-state index in [1.807, 2.05) is 7.05 Å². The Morgan fingerprint density at radius 3 is 2.33 bits per heavy atom. The summed E-state index contributed by atoms with van der Waals surface area (Å²) in [5, 5.41) is 4.03. The molecule has 2 aromatic rings. The molecule has 0 atom stereocenters. The van der Waals surface area contributed by atoms with E-state index >= 15 is 0 Å². The number of ketones is 1. The minimum Gasteiger partial charge on any atom is -0.294 e. The zero-order valence-corrected chi connectivity index (χ0v) is 11.3. The first-order chi connectivity index (χ1) is 8.47. The molecular formula is C15H18N2O. The molecule has 0 spiro atoms. The van der Waals surface area contributed by atoms with Gasteiger partial charge in [-0.1, -0.05) is 17.7 Å². The van der Waals surface area contributed by atoms with E-state index in [4.69, 9.17) is 0 Å². The molecule has 2 rings (SSSR count). The summed E-state index contributed by atoms with van der Waals surface area (Å²) in [5.74, 6) is 0.123. The van der Waals surface area contributed by atoms with Gasteiger partial charge >= 0.3 is 0 Å². The lowest BCUT2D eigenvalue weighted by molar-refractivity contribution is 0.0992. The third-order valence-corrected chi connectivity index (χ3v) is 3.20. The fourth-order valence-corrected chi connectivity index (χ4v) is 2.32. The Labute approximate surface area is 107 Å². The number of benzene rings is 1. The summed E-state index contributed by atoms with van der Waals surface area (Å²) in [5.41, 5.74) is 5.42. The van der Waals surface area contributed by atoms with Crippen LogP contribution in [0.4, 0.5) is 0 Å². The van der Waals surface area contributed by atoms with Gasteiger partial charge in [0.25, 0.3) is 0 Å². The summed E-state index contributed by atoms with van der Waals surface area (Å²) >= 11 is 0. The van der Waals surface area contributed by atoms with E-state index < -0.39 is 0 Å². The number of nitrogens with zero attached hydrogens (tertiary/aromatic N) is 2. The Hall–Kier alpha value is -1.90. The summed E-state index contributed by atoms with van der Waals surface area (Å²) in [6, 6.07) is 4.25. The topological polar surface area (TPSA) is 34.9 Å². The number of aromatic nitrogens is 2. The molecule has 0 saturated carbocycles. The van der Waals surface area contributed by atoms with Gasteiger partial charge < -0.3 is 0 Å². The van der Waals surface area contributed by atoms with Crippen LogP contribution in [0.25, 0.3) is 0 Å². The molecule has 1 heterocycles. The van der Waals surface area contributed by atoms with Crippen LogP contribution in [-0.2, 0) is 13.5 Å². The van der Waals surface area contributed by atoms with Gasteiger partial charge in [-0.15, -0.1) is 0 Å². The highest BCUT2D eigenvalue weighted by molar-refractivity contribution is 5.97. The van der Waals surface area contributed by atoms with Crippen molar-refractivity contribution in [2.75, 3.05) is 0 Å². The molecule has 1 aromatic carbocycles. The maximum absolute atomic E-state index is 12.2. The number of hydrogen-bond acceptors (Lipinski definition) is 2. The highest BCUT2D eigenvalue weighted by atomic mass is 16.1. The van der Waals surface area contributed by atoms with E-state index in [-0.39, 0.29) is 5.78 Å². The van der Waals surface area contributed by atoms with Gasteiger partial charge in [-0.25, -0.2) is 0 Å². The lowest BCUT2D eigenvalue weighted by Gasteiger charge is -2.10. The van der Waals surface area contributed by atoms with Gasteiger partial charge in [0.15, 0.2) is 5.78 Å². The summed E-state index contributed by atoms with van der Waals surface area (Å²) in [7, 11) is 1.82. The monoisotopic (exact) mass is 242 g/mol. The lowest BCUT2D eigenvalue weighted by atomic mass is 9.94. The zero-order chi connectivity index (χ0) is 13.3. The third-order valence-electron chi connectivity index (χ3n) is 3.20. The second-order valence-corrected chi connectivity index (χ2v) is 4.88. The van der Waals surface area contributed by atoms with Crippen molar-refractivity contribution in [1.82, 2.24) is 9.78 Å². The van der Waals surface area contributed by atoms with Gasteiger partial charge in [-0.05, 0) is 37.5 Å². The molecule has 0 unspecified atom stereocenters. The Morgan fingerprint density at radius 2 is 1.83 bits per heavy atom. The van der Waals surface area contributed by atoms with Gasteiger partial charge in [0.2, 0.25) is 0 Å². The summed E-state index contributed by atoms with van der Waals surface area (Å²) in [6.07, 6.45) is 3.84. The molecule has 0 saturated heterocycles. The molecule has 0 aliphatic carbocycles. The van der Waals surface area contributed by atoms with Crippen molar-refractivity contribution in [1.29, 1.82) is 0 Å². The minimum absolute atomic E-state index is 0.123. The number of rotatable bonds is 3. The van der Waals surface area contributed by atoms with Gasteiger partial charge in [-0.2, -0.15) is 5.10 Å². The van der Waals surface area contributed by atoms with Crippen LogP contribution in [0.15, 0.2) is 24.5 Å². The van der Waals surface area contributed by atoms with Crippen LogP contribution < -0.4 is 0 Å². The molecular weight excluding hydrogens is 224 g/mol. The predicted octanol–water partition coefficient (Wildman–Crippen LogP) is 2.77. The van der Waals surface area contributed by atoms with E-state index in [9.17, 15) is 4.79 Å². The number of carbonyl (C=O) groups excluding carboxylic acids is 1. The van der Waals surface area contributed by atoms with Gasteiger partial charge in [0.05, 0.1) is 11.8 Å². The van der Waals surface area contributed by atoms with E-state index in [1.165, 1.54) is 16.7 Å². The maximum Gasteiger partial charge on any atom is 0.170 e. The second-order valence-electron chi connectivity index (χ2n) is 4.88. The van der Waals surface area contributed by atoms with Crippen LogP contribution in [0.1, 0.15) is 32.6 Å². The Balaban J connectivity index is 2.27. The van der Waals surface area contributed by atoms with E-state index in [2.05, 4.69) is 38.0 Å². The predicted molar refractivity (Wildman–Crippen MR) is 71.9 cm³/mol. The number of hydrogen-bond donors (Lipinski definition) is 0. The molecule has 0 bridgehead atoms. The van der Waals surface area contributed by atoms with Crippen molar-refractivity contribution < 1.29 is 4.79 Å². The highest BCUT2D eigenvalue weighted by Crippen LogP contribution is 2.18. The average Bonchev–Trinajstić information content (AvgIpc) is 2.70. The quantitative estimate of drug-likeness (QED) is 0.776. The van der Waals surface area contributed by atoms with E-state index in [1.54, 1.807) is 17.1 Å². The van der Waals surface area contributed by atoms with Crippen LogP contribution in [0.5, 0.6) is 0 Å². The molecule has 0 radical (unpaired) electrons. The van der Waals surface area contributed by atoms with Crippen molar-refractivity contribution in [3.05, 3.63) is 52.3 Å². The fraction of sp³-hybridized carbons (Fsp3) is 0.333. The van der Waals surface area contributed by atoms with Crippen LogP contribution in [-0.4, -0.2) is 15.6 Å². The van der Waals surface area contributed by atoms with Crippen molar-refractivity contribution in [2.45, 2.75) is 27.2 Å². The van der Waals surface area contributed by atoms with E-state index in [0.717, 1.165) is 5.56 Å². The second kappa shape index (κ2) is 4.77. The Kier molecular flexibility index (Phi) is 3.32. The largest absolute Gasteiger partial charge is 0.294 e. The van der Waals surface area contributed by atoms with Crippen LogP contribution >= 0.6 is 0 Å². The number of carbonyl (C=O) groups is 1. The van der Waals surface area contributed by atoms with Gasteiger partial charge in [0.1, 0.15) is 0 Å². The lowest BCUT2D eigenvalue weighted by Crippen LogP contribution is -2.06. The van der Waals surface area contributed by atoms with Crippen molar-refractivity contribution in [2.24, 2.45) is 7.05 Å². The molecule has 3 heteroatoms. The van der Waals surface area contributed by atoms with Crippen LogP contribution in [0, 0.1) is 20.8 Å². The van der Waals surface area contributed by atoms with Gasteiger partial charge in [0, 0.05) is 19.7 Å². The number of Topliss-reactive ketones (excluding diaryl/α,β-unsaturated/α-hetero) is 1. The molecule has 18 heavy (non-hydrogen) atoms. The van der Waals surface area contributed by atoms with Crippen molar-refractivity contribution >= 4 is 5.78 Å². The Bertz CT molecular complexity index is 573. The normalized spacial score (nSPS) is 10.7. The highest BCUT2D eigenvalue weighted by Gasteiger charge is 2.12. The Morgan fingerprint density at radius 1 is 1.22 bits per heavy atom. The summed E-state index contributed by atoms with van der Waals surface area (Å²) in [6.45, 7) is 6.20. The SMILES string of the molecule is Cc1cc(C)c(CC(=O)c2cnn(C)c2)c(C)c1. The first-order valence-electron chi connectivity index (χ1n) is 6.06. The molecule has 3 nitrogen and oxygen atoms in total. The first kappa shape index (κ1) is 12.6. The van der Waals surface area contributed by atoms with Crippen molar-refractivity contribution in [3.8, 4) is 0 Å². The fourth-order valence-electron chi connectivity index (χ4n) is 2.32. The molecule has 1 aromatic heterocycles. The van der Waals surface area contributed by atoms with Gasteiger partial charge in [-0.3, -0.25) is 9.48 Å².